The number of fused-ring (bicyclic) bond motifs is 1. The van der Waals surface area contributed by atoms with Gasteiger partial charge in [0.25, 0.3) is 5.69 Å². The van der Waals surface area contributed by atoms with Crippen LogP contribution in [-0.4, -0.2) is 45.0 Å². The summed E-state index contributed by atoms with van der Waals surface area (Å²) in [6, 6.07) is 2.93. The van der Waals surface area contributed by atoms with E-state index in [1.807, 2.05) is 0 Å². The molecule has 1 aromatic heterocycles. The summed E-state index contributed by atoms with van der Waals surface area (Å²) in [6.45, 7) is 1.21. The molecule has 0 aliphatic rings. The van der Waals surface area contributed by atoms with Gasteiger partial charge in [0.05, 0.1) is 21.0 Å². The summed E-state index contributed by atoms with van der Waals surface area (Å²) in [5.74, 6) is -1.69. The number of carboxylic acid groups (broad SMARTS) is 1. The van der Waals surface area contributed by atoms with Gasteiger partial charge < -0.3 is 15.4 Å². The molecule has 0 radical (unpaired) electrons. The number of H-pyrrole nitrogens is 1. The van der Waals surface area contributed by atoms with Crippen molar-refractivity contribution in [3.05, 3.63) is 33.9 Å². The molecule has 0 saturated carbocycles. The molecular weight excluding hydrogens is 338 g/mol. The zero-order valence-electron chi connectivity index (χ0n) is 12.4. The fourth-order valence-electron chi connectivity index (χ4n) is 2.11. The summed E-state index contributed by atoms with van der Waals surface area (Å²) in [7, 11) is 0. The van der Waals surface area contributed by atoms with Crippen molar-refractivity contribution in [3.8, 4) is 0 Å². The van der Waals surface area contributed by atoms with Crippen molar-refractivity contribution in [3.63, 3.8) is 0 Å². The SMILES string of the molecule is CC(=O)N[C@@H](CSc1[nH]c2cc([N+](=O)[O-])ccc2c1C=O)C(=O)O. The molecule has 126 valence electrons. The first-order chi connectivity index (χ1) is 11.3. The van der Waals surface area contributed by atoms with Crippen LogP contribution in [0.15, 0.2) is 23.2 Å². The number of nitrogens with zero attached hydrogens (tertiary/aromatic N) is 1. The van der Waals surface area contributed by atoms with E-state index in [1.54, 1.807) is 0 Å². The molecule has 0 unspecified atom stereocenters. The number of aliphatic carboxylic acids is 1. The third-order valence-electron chi connectivity index (χ3n) is 3.18. The van der Waals surface area contributed by atoms with Crippen molar-refractivity contribution in [2.75, 3.05) is 5.75 Å². The smallest absolute Gasteiger partial charge is 0.327 e. The Kier molecular flexibility index (Phi) is 5.19. The van der Waals surface area contributed by atoms with Crippen LogP contribution >= 0.6 is 11.8 Å². The van der Waals surface area contributed by atoms with E-state index in [0.717, 1.165) is 11.8 Å². The molecule has 0 aliphatic carbocycles. The number of benzene rings is 1. The van der Waals surface area contributed by atoms with E-state index >= 15 is 0 Å². The summed E-state index contributed by atoms with van der Waals surface area (Å²) >= 11 is 1.04. The molecule has 1 heterocycles. The fraction of sp³-hybridized carbons (Fsp3) is 0.214. The van der Waals surface area contributed by atoms with Crippen LogP contribution in [0.25, 0.3) is 10.9 Å². The van der Waals surface area contributed by atoms with E-state index in [4.69, 9.17) is 5.11 Å². The van der Waals surface area contributed by atoms with Crippen molar-refractivity contribution < 1.29 is 24.4 Å². The van der Waals surface area contributed by atoms with Gasteiger partial charge in [0.2, 0.25) is 5.91 Å². The average Bonchev–Trinajstić information content (AvgIpc) is 2.87. The van der Waals surface area contributed by atoms with Gasteiger partial charge in [-0.15, -0.1) is 11.8 Å². The van der Waals surface area contributed by atoms with Crippen LogP contribution in [0.5, 0.6) is 0 Å². The molecule has 0 fully saturated rings. The Balaban J connectivity index is 2.30. The molecule has 0 spiro atoms. The molecular formula is C14H13N3O6S. The zero-order valence-corrected chi connectivity index (χ0v) is 13.3. The Morgan fingerprint density at radius 3 is 2.75 bits per heavy atom. The zero-order chi connectivity index (χ0) is 17.9. The van der Waals surface area contributed by atoms with Crippen LogP contribution in [0, 0.1) is 10.1 Å². The van der Waals surface area contributed by atoms with Gasteiger partial charge in [0.15, 0.2) is 6.29 Å². The first-order valence-corrected chi connectivity index (χ1v) is 7.70. The van der Waals surface area contributed by atoms with E-state index in [1.165, 1.54) is 25.1 Å². The molecule has 1 aromatic carbocycles. The van der Waals surface area contributed by atoms with Gasteiger partial charge in [-0.1, -0.05) is 0 Å². The van der Waals surface area contributed by atoms with Gasteiger partial charge in [0, 0.05) is 30.2 Å². The summed E-state index contributed by atoms with van der Waals surface area (Å²) in [5.41, 5.74) is 0.566. The molecule has 2 rings (SSSR count). The largest absolute Gasteiger partial charge is 0.480 e. The molecule has 0 bridgehead atoms. The molecule has 9 nitrogen and oxygen atoms in total. The topological polar surface area (TPSA) is 142 Å². The molecule has 24 heavy (non-hydrogen) atoms. The highest BCUT2D eigenvalue weighted by atomic mass is 32.2. The molecule has 2 aromatic rings. The number of carbonyl (C=O) groups excluding carboxylic acids is 2. The number of nitro groups is 1. The lowest BCUT2D eigenvalue weighted by molar-refractivity contribution is -0.384. The standard InChI is InChI=1S/C14H13N3O6S/c1-7(19)15-12(14(20)21)6-24-13-10(5-18)9-3-2-8(17(22)23)4-11(9)16-13/h2-5,12,16H,6H2,1H3,(H,15,19)(H,20,21)/t12-/m0/s1. The number of rotatable bonds is 7. The minimum absolute atomic E-state index is 0.00926. The first kappa shape index (κ1) is 17.5. The summed E-state index contributed by atoms with van der Waals surface area (Å²) < 4.78 is 0. The summed E-state index contributed by atoms with van der Waals surface area (Å²) in [5, 5.41) is 23.1. The van der Waals surface area contributed by atoms with Gasteiger partial charge in [0.1, 0.15) is 6.04 Å². The molecule has 1 atom stereocenters. The first-order valence-electron chi connectivity index (χ1n) is 6.71. The van der Waals surface area contributed by atoms with E-state index in [9.17, 15) is 24.5 Å². The third kappa shape index (κ3) is 3.71. The van der Waals surface area contributed by atoms with E-state index in [0.29, 0.717) is 22.2 Å². The Morgan fingerprint density at radius 2 is 2.21 bits per heavy atom. The van der Waals surface area contributed by atoms with E-state index in [2.05, 4.69) is 10.3 Å². The van der Waals surface area contributed by atoms with Crippen molar-refractivity contribution in [2.24, 2.45) is 0 Å². The Hall–Kier alpha value is -2.88. The van der Waals surface area contributed by atoms with Gasteiger partial charge in [-0.3, -0.25) is 19.7 Å². The number of carbonyl (C=O) groups is 3. The van der Waals surface area contributed by atoms with Crippen LogP contribution in [0.3, 0.4) is 0 Å². The third-order valence-corrected chi connectivity index (χ3v) is 4.30. The summed E-state index contributed by atoms with van der Waals surface area (Å²) in [6.07, 6.45) is 0.598. The lowest BCUT2D eigenvalue weighted by Crippen LogP contribution is -2.41. The molecule has 0 saturated heterocycles. The molecule has 1 amide bonds. The minimum atomic E-state index is -1.20. The fourth-order valence-corrected chi connectivity index (χ4v) is 3.17. The van der Waals surface area contributed by atoms with Gasteiger partial charge in [-0.2, -0.15) is 0 Å². The number of amides is 1. The molecule has 10 heteroatoms. The minimum Gasteiger partial charge on any atom is -0.480 e. The number of aldehydes is 1. The van der Waals surface area contributed by atoms with Crippen molar-refractivity contribution in [2.45, 2.75) is 18.0 Å². The van der Waals surface area contributed by atoms with Crippen LogP contribution in [-0.2, 0) is 9.59 Å². The van der Waals surface area contributed by atoms with Gasteiger partial charge >= 0.3 is 5.97 Å². The van der Waals surface area contributed by atoms with Crippen molar-refractivity contribution in [1.82, 2.24) is 10.3 Å². The van der Waals surface area contributed by atoms with Crippen LogP contribution < -0.4 is 5.32 Å². The average molecular weight is 351 g/mol. The number of aromatic nitrogens is 1. The number of hydrogen-bond acceptors (Lipinski definition) is 6. The Labute approximate surface area is 139 Å². The van der Waals surface area contributed by atoms with E-state index < -0.39 is 22.8 Å². The summed E-state index contributed by atoms with van der Waals surface area (Å²) in [4.78, 5) is 46.6. The second-order valence-corrected chi connectivity index (χ2v) is 5.91. The molecule has 3 N–H and O–H groups in total. The van der Waals surface area contributed by atoms with Crippen molar-refractivity contribution >= 4 is 46.5 Å². The maximum Gasteiger partial charge on any atom is 0.327 e. The van der Waals surface area contributed by atoms with Gasteiger partial charge in [-0.25, -0.2) is 4.79 Å². The quantitative estimate of drug-likeness (QED) is 0.297. The maximum absolute atomic E-state index is 11.3. The number of nitrogens with one attached hydrogen (secondary N) is 2. The second kappa shape index (κ2) is 7.13. The predicted octanol–water partition coefficient (Wildman–Crippen LogP) is 1.57. The van der Waals surface area contributed by atoms with E-state index in [-0.39, 0.29) is 17.0 Å². The highest BCUT2D eigenvalue weighted by Gasteiger charge is 2.21. The number of non-ortho nitro benzene ring substituents is 1. The lowest BCUT2D eigenvalue weighted by Gasteiger charge is -2.12. The number of aromatic amines is 1. The maximum atomic E-state index is 11.3. The highest BCUT2D eigenvalue weighted by molar-refractivity contribution is 7.99. The number of carboxylic acids is 1. The molecule has 0 aliphatic heterocycles. The van der Waals surface area contributed by atoms with Crippen LogP contribution in [0.1, 0.15) is 17.3 Å². The lowest BCUT2D eigenvalue weighted by atomic mass is 10.2. The Bertz CT molecular complexity index is 831. The normalized spacial score (nSPS) is 11.9. The Morgan fingerprint density at radius 1 is 1.50 bits per heavy atom. The van der Waals surface area contributed by atoms with Crippen molar-refractivity contribution in [1.29, 1.82) is 0 Å². The monoisotopic (exact) mass is 351 g/mol. The van der Waals surface area contributed by atoms with Crippen LogP contribution in [0.4, 0.5) is 5.69 Å². The second-order valence-electron chi connectivity index (χ2n) is 4.87. The van der Waals surface area contributed by atoms with Crippen LogP contribution in [0.2, 0.25) is 0 Å². The number of thioether (sulfide) groups is 1. The highest BCUT2D eigenvalue weighted by Crippen LogP contribution is 2.31. The predicted molar refractivity (Wildman–Crippen MR) is 86.3 cm³/mol. The van der Waals surface area contributed by atoms with Gasteiger partial charge in [-0.05, 0) is 6.07 Å². The number of nitro benzene ring substituents is 1. The number of hydrogen-bond donors (Lipinski definition) is 3.